The summed E-state index contributed by atoms with van der Waals surface area (Å²) >= 11 is 12.2. The molecule has 4 aromatic carbocycles. The van der Waals surface area contributed by atoms with Crippen LogP contribution in [0.25, 0.3) is 0 Å². The summed E-state index contributed by atoms with van der Waals surface area (Å²) in [6, 6.07) is 26.5. The van der Waals surface area contributed by atoms with Crippen molar-refractivity contribution < 1.29 is 27.8 Å². The van der Waals surface area contributed by atoms with Crippen LogP contribution in [0.5, 0.6) is 5.75 Å². The minimum Gasteiger partial charge on any atom is -0.486 e. The van der Waals surface area contributed by atoms with E-state index in [-0.39, 0.29) is 18.5 Å². The number of amides is 1. The molecule has 0 aliphatic carbocycles. The molecule has 1 aliphatic rings. The number of nitrogens with zero attached hydrogens (tertiary/aromatic N) is 1. The highest BCUT2D eigenvalue weighted by atomic mass is 35.5. The SMILES string of the molecule is CNCCC(Oc1ccc(C(F)(F)F)cc1)c1ccccc1.Cl.O=C1Nc2ccc(Cl)cc2C(c2ccccc2Cl)=NC1O. The third-order valence-electron chi connectivity index (χ3n) is 6.40. The van der Waals surface area contributed by atoms with E-state index in [9.17, 15) is 23.1 Å². The zero-order chi connectivity index (χ0) is 31.0. The van der Waals surface area contributed by atoms with E-state index in [2.05, 4.69) is 15.6 Å². The number of hydrogen-bond acceptors (Lipinski definition) is 5. The van der Waals surface area contributed by atoms with E-state index in [0.717, 1.165) is 30.7 Å². The molecule has 12 heteroatoms. The number of fused-ring (bicyclic) bond motifs is 1. The number of alkyl halides is 3. The van der Waals surface area contributed by atoms with Crippen LogP contribution in [0, 0.1) is 0 Å². The molecule has 2 atom stereocenters. The summed E-state index contributed by atoms with van der Waals surface area (Å²) in [7, 11) is 1.85. The molecule has 4 aromatic rings. The van der Waals surface area contributed by atoms with Gasteiger partial charge in [0.1, 0.15) is 11.9 Å². The first-order valence-electron chi connectivity index (χ1n) is 13.2. The maximum absolute atomic E-state index is 12.6. The van der Waals surface area contributed by atoms with E-state index >= 15 is 0 Å². The van der Waals surface area contributed by atoms with Gasteiger partial charge in [0.2, 0.25) is 6.23 Å². The van der Waals surface area contributed by atoms with Crippen LogP contribution in [0.4, 0.5) is 18.9 Å². The molecular formula is C32H29Cl3F3N3O3. The van der Waals surface area contributed by atoms with E-state index in [4.69, 9.17) is 27.9 Å². The highest BCUT2D eigenvalue weighted by Gasteiger charge is 2.30. The van der Waals surface area contributed by atoms with Crippen molar-refractivity contribution in [2.45, 2.75) is 24.9 Å². The Morgan fingerprint density at radius 3 is 2.25 bits per heavy atom. The lowest BCUT2D eigenvalue weighted by atomic mass is 10.0. The third kappa shape index (κ3) is 9.20. The van der Waals surface area contributed by atoms with Crippen LogP contribution in [-0.2, 0) is 11.0 Å². The second-order valence-electron chi connectivity index (χ2n) is 9.44. The number of rotatable bonds is 7. The summed E-state index contributed by atoms with van der Waals surface area (Å²) < 4.78 is 43.6. The van der Waals surface area contributed by atoms with Crippen LogP contribution >= 0.6 is 35.6 Å². The molecule has 1 aliphatic heterocycles. The summed E-state index contributed by atoms with van der Waals surface area (Å²) in [5, 5.41) is 16.5. The Bertz CT molecular complexity index is 1570. The summed E-state index contributed by atoms with van der Waals surface area (Å²) in [4.78, 5) is 15.9. The molecule has 6 nitrogen and oxygen atoms in total. The first-order valence-corrected chi connectivity index (χ1v) is 14.0. The quantitative estimate of drug-likeness (QED) is 0.187. The molecule has 0 saturated heterocycles. The van der Waals surface area contributed by atoms with Gasteiger partial charge >= 0.3 is 6.18 Å². The second kappa shape index (κ2) is 15.9. The molecule has 1 heterocycles. The minimum absolute atomic E-state index is 0. The molecule has 44 heavy (non-hydrogen) atoms. The molecule has 0 spiro atoms. The van der Waals surface area contributed by atoms with E-state index in [1.54, 1.807) is 42.5 Å². The van der Waals surface area contributed by atoms with Crippen LogP contribution in [0.15, 0.2) is 102 Å². The topological polar surface area (TPSA) is 83.0 Å². The molecule has 0 bridgehead atoms. The predicted molar refractivity (Wildman–Crippen MR) is 170 cm³/mol. The number of hydrogen-bond donors (Lipinski definition) is 3. The summed E-state index contributed by atoms with van der Waals surface area (Å²) in [6.45, 7) is 0.750. The fraction of sp³-hybridized carbons (Fsp3) is 0.188. The largest absolute Gasteiger partial charge is 0.486 e. The smallest absolute Gasteiger partial charge is 0.416 e. The zero-order valence-electron chi connectivity index (χ0n) is 23.3. The molecule has 0 saturated carbocycles. The van der Waals surface area contributed by atoms with Gasteiger partial charge in [-0.05, 0) is 67.7 Å². The first-order chi connectivity index (χ1) is 20.6. The average Bonchev–Trinajstić information content (AvgIpc) is 3.11. The van der Waals surface area contributed by atoms with Crippen molar-refractivity contribution >= 4 is 52.9 Å². The van der Waals surface area contributed by atoms with E-state index in [1.165, 1.54) is 12.1 Å². The number of ether oxygens (including phenoxy) is 1. The van der Waals surface area contributed by atoms with E-state index in [1.807, 2.05) is 37.4 Å². The van der Waals surface area contributed by atoms with Gasteiger partial charge in [0.25, 0.3) is 5.91 Å². The molecule has 232 valence electrons. The van der Waals surface area contributed by atoms with Gasteiger partial charge in [0.15, 0.2) is 0 Å². The van der Waals surface area contributed by atoms with Crippen molar-refractivity contribution in [2.24, 2.45) is 4.99 Å². The lowest BCUT2D eigenvalue weighted by Gasteiger charge is -2.20. The number of benzene rings is 4. The zero-order valence-corrected chi connectivity index (χ0v) is 25.6. The number of aliphatic hydroxyl groups excluding tert-OH is 1. The standard InChI is InChI=1S/C17H18F3NO.C15H10Cl2N2O2.ClH/c1-21-12-11-16(13-5-3-2-4-6-13)22-15-9-7-14(8-10-15)17(18,19)20;16-8-5-6-12-10(7-8)13(19-15(21)14(20)18-12)9-3-1-2-4-11(9)17;/h2-10,16,21H,11-12H2,1H3;1-7,15,21H,(H,18,20);1H. The fourth-order valence-corrected chi connectivity index (χ4v) is 4.66. The van der Waals surface area contributed by atoms with Crippen LogP contribution in [0.2, 0.25) is 10.0 Å². The summed E-state index contributed by atoms with van der Waals surface area (Å²) in [5.41, 5.74) is 2.51. The average molecular weight is 667 g/mol. The Balaban J connectivity index is 0.000000235. The van der Waals surface area contributed by atoms with Crippen molar-refractivity contribution in [3.8, 4) is 5.75 Å². The molecule has 5 rings (SSSR count). The lowest BCUT2D eigenvalue weighted by Crippen LogP contribution is -2.24. The van der Waals surface area contributed by atoms with Crippen molar-refractivity contribution in [1.29, 1.82) is 0 Å². The highest BCUT2D eigenvalue weighted by Crippen LogP contribution is 2.32. The second-order valence-corrected chi connectivity index (χ2v) is 10.3. The van der Waals surface area contributed by atoms with Gasteiger partial charge in [-0.1, -0.05) is 71.7 Å². The van der Waals surface area contributed by atoms with E-state index in [0.29, 0.717) is 38.3 Å². The molecular weight excluding hydrogens is 638 g/mol. The summed E-state index contributed by atoms with van der Waals surface area (Å²) in [5.74, 6) is -0.168. The molecule has 0 aromatic heterocycles. The number of aliphatic hydroxyl groups is 1. The summed E-state index contributed by atoms with van der Waals surface area (Å²) in [6.07, 6.45) is -5.31. The number of carbonyl (C=O) groups excluding carboxylic acids is 1. The van der Waals surface area contributed by atoms with Crippen LogP contribution in [0.1, 0.15) is 34.8 Å². The van der Waals surface area contributed by atoms with E-state index < -0.39 is 23.9 Å². The van der Waals surface area contributed by atoms with Gasteiger partial charge in [-0.25, -0.2) is 4.99 Å². The Morgan fingerprint density at radius 1 is 0.955 bits per heavy atom. The Morgan fingerprint density at radius 2 is 1.61 bits per heavy atom. The molecule has 0 radical (unpaired) electrons. The van der Waals surface area contributed by atoms with Crippen molar-refractivity contribution in [3.63, 3.8) is 0 Å². The van der Waals surface area contributed by atoms with Crippen LogP contribution in [-0.4, -0.2) is 36.5 Å². The van der Waals surface area contributed by atoms with Crippen LogP contribution in [0.3, 0.4) is 0 Å². The third-order valence-corrected chi connectivity index (χ3v) is 6.96. The number of benzodiazepines with no additional fused rings is 1. The molecule has 1 amide bonds. The van der Waals surface area contributed by atoms with Crippen LogP contribution < -0.4 is 15.4 Å². The minimum atomic E-state index is -4.33. The number of anilines is 1. The molecule has 2 unspecified atom stereocenters. The monoisotopic (exact) mass is 665 g/mol. The Kier molecular flexibility index (Phi) is 12.6. The predicted octanol–water partition coefficient (Wildman–Crippen LogP) is 7.96. The normalized spacial score (nSPS) is 14.8. The van der Waals surface area contributed by atoms with Gasteiger partial charge in [-0.15, -0.1) is 12.4 Å². The number of nitrogens with one attached hydrogen (secondary N) is 2. The first kappa shape index (κ1) is 34.9. The van der Waals surface area contributed by atoms with Gasteiger partial charge in [0, 0.05) is 27.6 Å². The fourth-order valence-electron chi connectivity index (χ4n) is 4.26. The number of halogens is 6. The van der Waals surface area contributed by atoms with Gasteiger partial charge in [-0.2, -0.15) is 13.2 Å². The molecule has 0 fully saturated rings. The van der Waals surface area contributed by atoms with Gasteiger partial charge in [-0.3, -0.25) is 4.79 Å². The van der Waals surface area contributed by atoms with Crippen molar-refractivity contribution in [2.75, 3.05) is 18.9 Å². The highest BCUT2D eigenvalue weighted by molar-refractivity contribution is 6.36. The molecule has 3 N–H and O–H groups in total. The van der Waals surface area contributed by atoms with Crippen molar-refractivity contribution in [3.05, 3.63) is 129 Å². The van der Waals surface area contributed by atoms with Gasteiger partial charge in [0.05, 0.1) is 17.0 Å². The number of aliphatic imine (C=N–C) groups is 1. The maximum Gasteiger partial charge on any atom is 0.416 e. The maximum atomic E-state index is 12.6. The Labute approximate surface area is 269 Å². The number of carbonyl (C=O) groups is 1. The van der Waals surface area contributed by atoms with Gasteiger partial charge < -0.3 is 20.5 Å². The van der Waals surface area contributed by atoms with Crippen molar-refractivity contribution in [1.82, 2.24) is 5.32 Å². The lowest BCUT2D eigenvalue weighted by molar-refractivity contribution is -0.137. The Hall–Kier alpha value is -3.60.